The highest BCUT2D eigenvalue weighted by Gasteiger charge is 2.47. The lowest BCUT2D eigenvalue weighted by Gasteiger charge is -2.27. The molecule has 0 N–H and O–H groups in total. The van der Waals surface area contributed by atoms with Gasteiger partial charge >= 0.3 is 5.97 Å². The zero-order valence-corrected chi connectivity index (χ0v) is 16.4. The lowest BCUT2D eigenvalue weighted by atomic mass is 9.77. The van der Waals surface area contributed by atoms with Gasteiger partial charge in [0.1, 0.15) is 0 Å². The molecule has 1 spiro atoms. The van der Waals surface area contributed by atoms with Crippen molar-refractivity contribution in [3.8, 4) is 0 Å². The van der Waals surface area contributed by atoms with Crippen LogP contribution < -0.4 is 0 Å². The Bertz CT molecular complexity index is 1040. The quantitative estimate of drug-likeness (QED) is 0.584. The summed E-state index contributed by atoms with van der Waals surface area (Å²) in [5.41, 5.74) is 5.19. The third-order valence-electron chi connectivity index (χ3n) is 6.09. The second-order valence-electron chi connectivity index (χ2n) is 7.58. The Balaban J connectivity index is 1.57. The Morgan fingerprint density at radius 3 is 2.86 bits per heavy atom. The summed E-state index contributed by atoms with van der Waals surface area (Å²) in [5.74, 6) is -0.931. The average molecular weight is 394 g/mol. The Kier molecular flexibility index (Phi) is 4.22. The fraction of sp³-hybridized carbons (Fsp3) is 0.391. The number of hydrogen-bond acceptors (Lipinski definition) is 6. The molecule has 1 saturated heterocycles. The van der Waals surface area contributed by atoms with E-state index in [1.165, 1.54) is 12.3 Å². The van der Waals surface area contributed by atoms with E-state index in [1.807, 2.05) is 12.1 Å². The first-order valence-corrected chi connectivity index (χ1v) is 10.0. The summed E-state index contributed by atoms with van der Waals surface area (Å²) in [6.45, 7) is 5.27. The highest BCUT2D eigenvalue weighted by molar-refractivity contribution is 6.13. The van der Waals surface area contributed by atoms with E-state index in [9.17, 15) is 9.59 Å². The molecular formula is C23H22O6. The minimum atomic E-state index is -0.704. The number of rotatable bonds is 3. The van der Waals surface area contributed by atoms with Gasteiger partial charge in [-0.2, -0.15) is 0 Å². The molecule has 2 aromatic rings. The number of ketones is 1. The van der Waals surface area contributed by atoms with Gasteiger partial charge in [0.2, 0.25) is 5.78 Å². The minimum Gasteiger partial charge on any atom is -0.463 e. The van der Waals surface area contributed by atoms with E-state index in [-0.39, 0.29) is 11.7 Å². The summed E-state index contributed by atoms with van der Waals surface area (Å²) in [6, 6.07) is 4.04. The summed E-state index contributed by atoms with van der Waals surface area (Å²) < 4.78 is 22.5. The van der Waals surface area contributed by atoms with Gasteiger partial charge in [0.05, 0.1) is 26.1 Å². The van der Waals surface area contributed by atoms with Gasteiger partial charge < -0.3 is 18.6 Å². The second kappa shape index (κ2) is 6.68. The van der Waals surface area contributed by atoms with Gasteiger partial charge in [0.25, 0.3) is 0 Å². The molecule has 1 aromatic carbocycles. The Hall–Kier alpha value is -2.70. The normalized spacial score (nSPS) is 21.4. The third kappa shape index (κ3) is 2.63. The van der Waals surface area contributed by atoms with Crippen molar-refractivity contribution in [1.82, 2.24) is 0 Å². The van der Waals surface area contributed by atoms with Gasteiger partial charge in [-0.25, -0.2) is 4.79 Å². The summed E-state index contributed by atoms with van der Waals surface area (Å²) in [6.07, 6.45) is 6.01. The number of ether oxygens (including phenoxy) is 3. The Morgan fingerprint density at radius 1 is 1.31 bits per heavy atom. The standard InChI is InChI=1S/C23H22O6/c1-3-26-18(24)7-4-14-12-27-22-19(14)13(2)15-5-6-17-16(20(15)21(22)25)8-9-23(17)28-10-11-29-23/h4-7,12-13H,3,8-11H2,1-2H3/b7-4+. The molecule has 0 amide bonds. The molecule has 1 unspecified atom stereocenters. The lowest BCUT2D eigenvalue weighted by Crippen LogP contribution is -2.25. The van der Waals surface area contributed by atoms with Crippen molar-refractivity contribution in [2.45, 2.75) is 38.4 Å². The van der Waals surface area contributed by atoms with Crippen LogP contribution in [0.2, 0.25) is 0 Å². The summed E-state index contributed by atoms with van der Waals surface area (Å²) >= 11 is 0. The number of hydrogen-bond donors (Lipinski definition) is 0. The number of furan rings is 1. The van der Waals surface area contributed by atoms with E-state index in [0.717, 1.165) is 40.7 Å². The van der Waals surface area contributed by atoms with Crippen molar-refractivity contribution in [2.24, 2.45) is 0 Å². The van der Waals surface area contributed by atoms with Crippen molar-refractivity contribution in [2.75, 3.05) is 19.8 Å². The fourth-order valence-corrected chi connectivity index (χ4v) is 4.84. The molecule has 1 aromatic heterocycles. The number of carbonyl (C=O) groups is 2. The molecule has 0 bridgehead atoms. The fourth-order valence-electron chi connectivity index (χ4n) is 4.84. The Morgan fingerprint density at radius 2 is 2.10 bits per heavy atom. The molecule has 2 aliphatic carbocycles. The van der Waals surface area contributed by atoms with Crippen LogP contribution in [0.15, 0.2) is 28.9 Å². The number of esters is 1. The van der Waals surface area contributed by atoms with E-state index in [4.69, 9.17) is 18.6 Å². The minimum absolute atomic E-state index is 0.0365. The predicted octanol–water partition coefficient (Wildman–Crippen LogP) is 3.70. The van der Waals surface area contributed by atoms with Crippen LogP contribution in [0.25, 0.3) is 6.08 Å². The van der Waals surface area contributed by atoms with Crippen LogP contribution in [0.1, 0.15) is 70.1 Å². The summed E-state index contributed by atoms with van der Waals surface area (Å²) in [4.78, 5) is 25.1. The molecule has 6 nitrogen and oxygen atoms in total. The van der Waals surface area contributed by atoms with E-state index in [1.54, 1.807) is 13.0 Å². The van der Waals surface area contributed by atoms with E-state index < -0.39 is 11.8 Å². The third-order valence-corrected chi connectivity index (χ3v) is 6.09. The van der Waals surface area contributed by atoms with Crippen LogP contribution in [0.5, 0.6) is 0 Å². The van der Waals surface area contributed by atoms with E-state index in [2.05, 4.69) is 6.92 Å². The maximum absolute atomic E-state index is 13.4. The lowest BCUT2D eigenvalue weighted by molar-refractivity contribution is -0.163. The summed E-state index contributed by atoms with van der Waals surface area (Å²) in [5, 5.41) is 0. The predicted molar refractivity (Wildman–Crippen MR) is 104 cm³/mol. The number of fused-ring (bicyclic) bond motifs is 5. The second-order valence-corrected chi connectivity index (χ2v) is 7.58. The number of carbonyl (C=O) groups excluding carboxylic acids is 2. The summed E-state index contributed by atoms with van der Waals surface area (Å²) in [7, 11) is 0. The van der Waals surface area contributed by atoms with Crippen molar-refractivity contribution >= 4 is 17.8 Å². The maximum Gasteiger partial charge on any atom is 0.330 e. The largest absolute Gasteiger partial charge is 0.463 e. The first-order chi connectivity index (χ1) is 14.1. The van der Waals surface area contributed by atoms with Gasteiger partial charge in [-0.15, -0.1) is 0 Å². The van der Waals surface area contributed by atoms with Crippen LogP contribution in [-0.2, 0) is 31.2 Å². The smallest absolute Gasteiger partial charge is 0.330 e. The van der Waals surface area contributed by atoms with Gasteiger partial charge in [-0.3, -0.25) is 4.79 Å². The van der Waals surface area contributed by atoms with Crippen molar-refractivity contribution in [1.29, 1.82) is 0 Å². The highest BCUT2D eigenvalue weighted by Crippen LogP contribution is 2.49. The van der Waals surface area contributed by atoms with Gasteiger partial charge in [0, 0.05) is 40.7 Å². The van der Waals surface area contributed by atoms with Crippen LogP contribution in [0.3, 0.4) is 0 Å². The first-order valence-electron chi connectivity index (χ1n) is 10.0. The van der Waals surface area contributed by atoms with Gasteiger partial charge in [-0.1, -0.05) is 19.1 Å². The molecule has 1 aliphatic heterocycles. The highest BCUT2D eigenvalue weighted by atomic mass is 16.7. The van der Waals surface area contributed by atoms with Crippen LogP contribution in [-0.4, -0.2) is 31.6 Å². The zero-order valence-electron chi connectivity index (χ0n) is 16.4. The monoisotopic (exact) mass is 394 g/mol. The molecule has 0 saturated carbocycles. The van der Waals surface area contributed by atoms with Crippen LogP contribution in [0, 0.1) is 0 Å². The molecule has 1 atom stereocenters. The zero-order chi connectivity index (χ0) is 20.2. The van der Waals surface area contributed by atoms with Crippen molar-refractivity contribution < 1.29 is 28.2 Å². The molecular weight excluding hydrogens is 372 g/mol. The van der Waals surface area contributed by atoms with Crippen molar-refractivity contribution in [3.05, 3.63) is 63.6 Å². The van der Waals surface area contributed by atoms with E-state index >= 15 is 0 Å². The van der Waals surface area contributed by atoms with Gasteiger partial charge in [0.15, 0.2) is 11.5 Å². The van der Waals surface area contributed by atoms with Crippen molar-refractivity contribution in [3.63, 3.8) is 0 Å². The SMILES string of the molecule is CCOC(=O)/C=C/c1coc2c1C(C)c1ccc3c(c1C2=O)CCC31OCCO1. The molecule has 1 fully saturated rings. The van der Waals surface area contributed by atoms with Crippen LogP contribution >= 0.6 is 0 Å². The topological polar surface area (TPSA) is 75.0 Å². The Labute approximate surface area is 168 Å². The molecule has 150 valence electrons. The van der Waals surface area contributed by atoms with Crippen LogP contribution in [0.4, 0.5) is 0 Å². The maximum atomic E-state index is 13.4. The number of benzene rings is 1. The molecule has 5 rings (SSSR count). The van der Waals surface area contributed by atoms with E-state index in [0.29, 0.717) is 31.1 Å². The molecule has 0 radical (unpaired) electrons. The average Bonchev–Trinajstić information content (AvgIpc) is 3.44. The molecule has 2 heterocycles. The molecule has 6 heteroatoms. The van der Waals surface area contributed by atoms with Gasteiger partial charge in [-0.05, 0) is 30.5 Å². The molecule has 3 aliphatic rings. The molecule has 29 heavy (non-hydrogen) atoms. The first kappa shape index (κ1) is 18.3.